The lowest BCUT2D eigenvalue weighted by atomic mass is 9.95. The quantitative estimate of drug-likeness (QED) is 0.797. The lowest BCUT2D eigenvalue weighted by Gasteiger charge is -2.11. The Bertz CT molecular complexity index is 453. The Kier molecular flexibility index (Phi) is 4.48. The first-order valence-electron chi connectivity index (χ1n) is 5.69. The van der Waals surface area contributed by atoms with Gasteiger partial charge in [-0.3, -0.25) is 0 Å². The van der Waals surface area contributed by atoms with Crippen LogP contribution in [0.15, 0.2) is 36.5 Å². The molecule has 0 spiro atoms. The molecule has 3 heteroatoms. The first kappa shape index (κ1) is 12.5. The van der Waals surface area contributed by atoms with Gasteiger partial charge in [-0.15, -0.1) is 0 Å². The first-order chi connectivity index (χ1) is 8.25. The molecule has 0 aliphatic heterocycles. The summed E-state index contributed by atoms with van der Waals surface area (Å²) >= 11 is 2.33. The molecule has 17 heavy (non-hydrogen) atoms. The zero-order chi connectivity index (χ0) is 12.1. The Balaban J connectivity index is 1.93. The van der Waals surface area contributed by atoms with E-state index >= 15 is 0 Å². The van der Waals surface area contributed by atoms with Crippen LogP contribution in [0.5, 0.6) is 0 Å². The van der Waals surface area contributed by atoms with Gasteiger partial charge in [0.25, 0.3) is 0 Å². The van der Waals surface area contributed by atoms with E-state index in [4.69, 9.17) is 0 Å². The number of aryl methyl sites for hydroxylation is 1. The second-order valence-electron chi connectivity index (χ2n) is 4.14. The van der Waals surface area contributed by atoms with Gasteiger partial charge in [-0.2, -0.15) is 0 Å². The number of nitrogens with zero attached hydrogens (tertiary/aromatic N) is 2. The molecule has 0 aliphatic rings. The molecule has 0 fully saturated rings. The second kappa shape index (κ2) is 6.10. The van der Waals surface area contributed by atoms with E-state index in [0.717, 1.165) is 18.5 Å². The summed E-state index contributed by atoms with van der Waals surface area (Å²) in [6, 6.07) is 10.7. The molecule has 0 saturated heterocycles. The van der Waals surface area contributed by atoms with Crippen molar-refractivity contribution < 1.29 is 0 Å². The van der Waals surface area contributed by atoms with Crippen molar-refractivity contribution in [1.82, 2.24) is 9.97 Å². The largest absolute Gasteiger partial charge is 0.234 e. The van der Waals surface area contributed by atoms with Crippen molar-refractivity contribution in [3.05, 3.63) is 57.7 Å². The summed E-state index contributed by atoms with van der Waals surface area (Å²) in [4.78, 5) is 7.92. The zero-order valence-corrected chi connectivity index (χ0v) is 11.9. The maximum atomic E-state index is 4.12. The summed E-state index contributed by atoms with van der Waals surface area (Å²) in [7, 11) is 0. The Labute approximate surface area is 116 Å². The molecule has 1 aromatic heterocycles. The predicted octanol–water partition coefficient (Wildman–Crippen LogP) is 3.62. The molecule has 0 aliphatic carbocycles. The Morgan fingerprint density at radius 1 is 1.24 bits per heavy atom. The lowest BCUT2D eigenvalue weighted by Crippen LogP contribution is -1.98. The number of rotatable bonds is 4. The molecule has 0 bridgehead atoms. The molecular weight excluding hydrogens is 323 g/mol. The van der Waals surface area contributed by atoms with E-state index in [1.54, 1.807) is 6.20 Å². The molecule has 1 unspecified atom stereocenters. The summed E-state index contributed by atoms with van der Waals surface area (Å²) in [6.07, 6.45) is 6.46. The summed E-state index contributed by atoms with van der Waals surface area (Å²) in [5, 5.41) is 0. The molecule has 1 aromatic carbocycles. The van der Waals surface area contributed by atoms with E-state index in [1.165, 1.54) is 9.13 Å². The van der Waals surface area contributed by atoms with Crippen LogP contribution in [0.4, 0.5) is 0 Å². The number of halogens is 1. The number of aromatic nitrogens is 2. The fourth-order valence-corrected chi connectivity index (χ4v) is 2.11. The van der Waals surface area contributed by atoms with Crippen LogP contribution in [-0.4, -0.2) is 9.97 Å². The van der Waals surface area contributed by atoms with E-state index in [0.29, 0.717) is 5.92 Å². The summed E-state index contributed by atoms with van der Waals surface area (Å²) in [5.41, 5.74) is 2.46. The minimum atomic E-state index is 0.557. The van der Waals surface area contributed by atoms with Crippen molar-refractivity contribution in [3.63, 3.8) is 0 Å². The average Bonchev–Trinajstić information content (AvgIpc) is 2.38. The SMILES string of the molecule is CC(CCc1ccn[c]n1)c1ccc(I)cc1. The van der Waals surface area contributed by atoms with Crippen molar-refractivity contribution in [1.29, 1.82) is 0 Å². The molecule has 0 amide bonds. The monoisotopic (exact) mass is 337 g/mol. The van der Waals surface area contributed by atoms with Crippen molar-refractivity contribution in [3.8, 4) is 0 Å². The number of hydrogen-bond acceptors (Lipinski definition) is 2. The van der Waals surface area contributed by atoms with Crippen LogP contribution in [-0.2, 0) is 6.42 Å². The van der Waals surface area contributed by atoms with Crippen LogP contribution >= 0.6 is 22.6 Å². The summed E-state index contributed by atoms with van der Waals surface area (Å²) in [6.45, 7) is 2.26. The summed E-state index contributed by atoms with van der Waals surface area (Å²) < 4.78 is 1.28. The van der Waals surface area contributed by atoms with Crippen molar-refractivity contribution in [2.24, 2.45) is 0 Å². The predicted molar refractivity (Wildman–Crippen MR) is 76.8 cm³/mol. The minimum Gasteiger partial charge on any atom is -0.234 e. The van der Waals surface area contributed by atoms with Crippen LogP contribution < -0.4 is 0 Å². The maximum absolute atomic E-state index is 4.12. The molecule has 0 saturated carbocycles. The minimum absolute atomic E-state index is 0.557. The molecular formula is C14H14IN2. The third-order valence-electron chi connectivity index (χ3n) is 2.87. The van der Waals surface area contributed by atoms with Gasteiger partial charge in [-0.1, -0.05) is 19.1 Å². The van der Waals surface area contributed by atoms with E-state index < -0.39 is 0 Å². The Hall–Kier alpha value is -0.970. The van der Waals surface area contributed by atoms with E-state index in [2.05, 4.69) is 70.1 Å². The first-order valence-corrected chi connectivity index (χ1v) is 6.77. The second-order valence-corrected chi connectivity index (χ2v) is 5.38. The smallest absolute Gasteiger partial charge is 0.197 e. The van der Waals surface area contributed by atoms with Crippen molar-refractivity contribution in [2.75, 3.05) is 0 Å². The van der Waals surface area contributed by atoms with Crippen LogP contribution in [0.2, 0.25) is 0 Å². The van der Waals surface area contributed by atoms with Crippen LogP contribution in [0.1, 0.15) is 30.5 Å². The molecule has 1 radical (unpaired) electrons. The van der Waals surface area contributed by atoms with Gasteiger partial charge in [0.15, 0.2) is 6.33 Å². The number of benzene rings is 1. The van der Waals surface area contributed by atoms with E-state index in [1.807, 2.05) is 6.07 Å². The zero-order valence-electron chi connectivity index (χ0n) is 9.73. The fourth-order valence-electron chi connectivity index (χ4n) is 1.75. The van der Waals surface area contributed by atoms with Crippen molar-refractivity contribution in [2.45, 2.75) is 25.7 Å². The fraction of sp³-hybridized carbons (Fsp3) is 0.286. The summed E-state index contributed by atoms with van der Waals surface area (Å²) in [5.74, 6) is 0.557. The van der Waals surface area contributed by atoms with Crippen LogP contribution in [0, 0.1) is 9.90 Å². The van der Waals surface area contributed by atoms with Crippen molar-refractivity contribution >= 4 is 22.6 Å². The van der Waals surface area contributed by atoms with Gasteiger partial charge < -0.3 is 0 Å². The van der Waals surface area contributed by atoms with Gasteiger partial charge in [-0.05, 0) is 65.1 Å². The molecule has 0 N–H and O–H groups in total. The lowest BCUT2D eigenvalue weighted by molar-refractivity contribution is 0.669. The van der Waals surface area contributed by atoms with Crippen LogP contribution in [0.3, 0.4) is 0 Å². The molecule has 1 atom stereocenters. The van der Waals surface area contributed by atoms with Gasteiger partial charge in [0.1, 0.15) is 0 Å². The molecule has 2 rings (SSSR count). The van der Waals surface area contributed by atoms with Gasteiger partial charge >= 0.3 is 0 Å². The molecule has 2 nitrogen and oxygen atoms in total. The van der Waals surface area contributed by atoms with Gasteiger partial charge in [0.2, 0.25) is 0 Å². The number of hydrogen-bond donors (Lipinski definition) is 0. The topological polar surface area (TPSA) is 25.8 Å². The third kappa shape index (κ3) is 3.77. The third-order valence-corrected chi connectivity index (χ3v) is 3.58. The van der Waals surface area contributed by atoms with Gasteiger partial charge in [0.05, 0.1) is 0 Å². The Morgan fingerprint density at radius 2 is 2.00 bits per heavy atom. The van der Waals surface area contributed by atoms with Gasteiger partial charge in [0, 0.05) is 15.5 Å². The highest BCUT2D eigenvalue weighted by atomic mass is 127. The van der Waals surface area contributed by atoms with E-state index in [-0.39, 0.29) is 0 Å². The maximum Gasteiger partial charge on any atom is 0.197 e. The molecule has 2 aromatic rings. The highest BCUT2D eigenvalue weighted by molar-refractivity contribution is 14.1. The average molecular weight is 337 g/mol. The highest BCUT2D eigenvalue weighted by Gasteiger charge is 2.06. The van der Waals surface area contributed by atoms with Crippen LogP contribution in [0.25, 0.3) is 0 Å². The standard InChI is InChI=1S/C14H14IN2/c1-11(12-3-5-13(15)6-4-12)2-7-14-8-9-16-10-17-14/h3-6,8-9,11H,2,7H2,1H3. The Morgan fingerprint density at radius 3 is 2.65 bits per heavy atom. The normalized spacial score (nSPS) is 12.4. The molecule has 1 heterocycles. The highest BCUT2D eigenvalue weighted by Crippen LogP contribution is 2.21. The van der Waals surface area contributed by atoms with E-state index in [9.17, 15) is 0 Å². The van der Waals surface area contributed by atoms with Gasteiger partial charge in [-0.25, -0.2) is 9.97 Å². The molecule has 87 valence electrons.